The van der Waals surface area contributed by atoms with Crippen LogP contribution in [0.3, 0.4) is 0 Å². The lowest BCUT2D eigenvalue weighted by Crippen LogP contribution is -2.07. The number of fused-ring (bicyclic) bond motifs is 3. The molecule has 1 aromatic carbocycles. The Morgan fingerprint density at radius 1 is 1.35 bits per heavy atom. The topological polar surface area (TPSA) is 78.4 Å². The molecule has 2 aromatic heterocycles. The van der Waals surface area contributed by atoms with Gasteiger partial charge in [0.25, 0.3) is 0 Å². The number of methoxy groups -OCH3 is 1. The molecule has 20 heavy (non-hydrogen) atoms. The quantitative estimate of drug-likeness (QED) is 0.571. The summed E-state index contributed by atoms with van der Waals surface area (Å²) in [6.45, 7) is 2.01. The summed E-state index contributed by atoms with van der Waals surface area (Å²) in [6, 6.07) is 5.51. The number of nitrogen functional groups attached to an aromatic ring is 1. The molecule has 0 amide bonds. The number of aryl methyl sites for hydroxylation is 1. The van der Waals surface area contributed by atoms with Crippen molar-refractivity contribution in [3.05, 3.63) is 40.4 Å². The number of hydrogen-bond donors (Lipinski definition) is 1. The molecule has 0 saturated heterocycles. The Labute approximate surface area is 115 Å². The molecule has 5 heteroatoms. The lowest BCUT2D eigenvalue weighted by molar-refractivity contribution is 0.407. The summed E-state index contributed by atoms with van der Waals surface area (Å²) in [5.74, 6) is 0.717. The Morgan fingerprint density at radius 3 is 2.85 bits per heavy atom. The van der Waals surface area contributed by atoms with E-state index in [1.807, 2.05) is 19.1 Å². The second-order valence-electron chi connectivity index (χ2n) is 4.50. The summed E-state index contributed by atoms with van der Waals surface area (Å²) in [7, 11) is 1.54. The van der Waals surface area contributed by atoms with E-state index in [1.54, 1.807) is 19.4 Å². The predicted molar refractivity (Wildman–Crippen MR) is 78.1 cm³/mol. The van der Waals surface area contributed by atoms with Gasteiger partial charge in [-0.3, -0.25) is 0 Å². The van der Waals surface area contributed by atoms with Crippen molar-refractivity contribution >= 4 is 27.6 Å². The van der Waals surface area contributed by atoms with Crippen LogP contribution in [-0.4, -0.2) is 12.1 Å². The van der Waals surface area contributed by atoms with Crippen molar-refractivity contribution in [2.75, 3.05) is 12.8 Å². The average molecular weight is 270 g/mol. The van der Waals surface area contributed by atoms with E-state index in [9.17, 15) is 4.79 Å². The number of nitrogens with two attached hydrogens (primary N) is 1. The number of para-hydroxylation sites is 1. The summed E-state index contributed by atoms with van der Waals surface area (Å²) >= 11 is 0. The average Bonchev–Trinajstić information content (AvgIpc) is 2.47. The van der Waals surface area contributed by atoms with Crippen LogP contribution in [0.15, 0.2) is 33.6 Å². The fourth-order valence-corrected chi connectivity index (χ4v) is 2.47. The molecule has 0 unspecified atom stereocenters. The first kappa shape index (κ1) is 12.5. The molecule has 0 bridgehead atoms. The Hall–Kier alpha value is -2.56. The number of rotatable bonds is 2. The molecule has 0 spiro atoms. The molecule has 0 radical (unpaired) electrons. The zero-order valence-corrected chi connectivity index (χ0v) is 11.3. The van der Waals surface area contributed by atoms with Crippen LogP contribution in [0.2, 0.25) is 0 Å². The van der Waals surface area contributed by atoms with Gasteiger partial charge in [-0.25, -0.2) is 9.78 Å². The van der Waals surface area contributed by atoms with E-state index in [-0.39, 0.29) is 5.82 Å². The summed E-state index contributed by atoms with van der Waals surface area (Å²) in [4.78, 5) is 16.3. The fourth-order valence-electron chi connectivity index (χ4n) is 2.47. The van der Waals surface area contributed by atoms with E-state index >= 15 is 0 Å². The third kappa shape index (κ3) is 1.63. The zero-order chi connectivity index (χ0) is 14.3. The standard InChI is InChI=1S/C15H14N2O3/c1-3-8-7-17-14(16)12-11(8)9-5-4-6-10(19-2)13(9)20-15(12)18/h4-7H,3H2,1-2H3,(H2,16,17). The normalized spacial score (nSPS) is 11.1. The van der Waals surface area contributed by atoms with Gasteiger partial charge in [0.1, 0.15) is 11.2 Å². The van der Waals surface area contributed by atoms with Crippen LogP contribution in [0.25, 0.3) is 21.7 Å². The van der Waals surface area contributed by atoms with Gasteiger partial charge < -0.3 is 14.9 Å². The van der Waals surface area contributed by atoms with Gasteiger partial charge in [-0.15, -0.1) is 0 Å². The second-order valence-corrected chi connectivity index (χ2v) is 4.50. The molecule has 2 heterocycles. The van der Waals surface area contributed by atoms with Gasteiger partial charge in [0.05, 0.1) is 7.11 Å². The zero-order valence-electron chi connectivity index (χ0n) is 11.3. The maximum absolute atomic E-state index is 12.2. The molecule has 0 fully saturated rings. The highest BCUT2D eigenvalue weighted by Crippen LogP contribution is 2.32. The largest absolute Gasteiger partial charge is 0.493 e. The lowest BCUT2D eigenvalue weighted by Gasteiger charge is -2.10. The number of anilines is 1. The van der Waals surface area contributed by atoms with Gasteiger partial charge in [0.2, 0.25) is 0 Å². The molecule has 0 aliphatic heterocycles. The molecule has 0 aliphatic carbocycles. The van der Waals surface area contributed by atoms with Gasteiger partial charge in [-0.05, 0) is 18.1 Å². The van der Waals surface area contributed by atoms with Crippen LogP contribution in [0.5, 0.6) is 5.75 Å². The molecule has 0 saturated carbocycles. The first-order chi connectivity index (χ1) is 9.67. The van der Waals surface area contributed by atoms with E-state index < -0.39 is 5.63 Å². The molecule has 102 valence electrons. The summed E-state index contributed by atoms with van der Waals surface area (Å²) in [6.07, 6.45) is 2.45. The fraction of sp³-hybridized carbons (Fsp3) is 0.200. The molecule has 0 aliphatic rings. The smallest absolute Gasteiger partial charge is 0.348 e. The molecule has 2 N–H and O–H groups in total. The Kier molecular flexibility index (Phi) is 2.82. The van der Waals surface area contributed by atoms with Crippen molar-refractivity contribution < 1.29 is 9.15 Å². The van der Waals surface area contributed by atoms with Crippen molar-refractivity contribution in [2.45, 2.75) is 13.3 Å². The van der Waals surface area contributed by atoms with E-state index in [2.05, 4.69) is 4.98 Å². The van der Waals surface area contributed by atoms with E-state index in [4.69, 9.17) is 14.9 Å². The van der Waals surface area contributed by atoms with Crippen molar-refractivity contribution in [2.24, 2.45) is 0 Å². The maximum atomic E-state index is 12.2. The van der Waals surface area contributed by atoms with Crippen LogP contribution >= 0.6 is 0 Å². The summed E-state index contributed by atoms with van der Waals surface area (Å²) < 4.78 is 10.6. The highest BCUT2D eigenvalue weighted by Gasteiger charge is 2.16. The second kappa shape index (κ2) is 4.52. The number of aromatic nitrogens is 1. The van der Waals surface area contributed by atoms with Crippen molar-refractivity contribution in [1.29, 1.82) is 0 Å². The summed E-state index contributed by atoms with van der Waals surface area (Å²) in [5, 5.41) is 1.94. The van der Waals surface area contributed by atoms with Gasteiger partial charge >= 0.3 is 5.63 Å². The molecular weight excluding hydrogens is 256 g/mol. The molecule has 3 rings (SSSR count). The highest BCUT2D eigenvalue weighted by atomic mass is 16.5. The van der Waals surface area contributed by atoms with Crippen molar-refractivity contribution in [3.8, 4) is 5.75 Å². The van der Waals surface area contributed by atoms with Crippen LogP contribution < -0.4 is 16.1 Å². The van der Waals surface area contributed by atoms with Crippen LogP contribution in [0, 0.1) is 0 Å². The molecular formula is C15H14N2O3. The maximum Gasteiger partial charge on any atom is 0.348 e. The minimum atomic E-state index is -0.489. The Balaban J connectivity index is 2.66. The number of hydrogen-bond acceptors (Lipinski definition) is 5. The first-order valence-corrected chi connectivity index (χ1v) is 6.34. The van der Waals surface area contributed by atoms with E-state index in [0.29, 0.717) is 16.7 Å². The van der Waals surface area contributed by atoms with Gasteiger partial charge in [0, 0.05) is 17.0 Å². The van der Waals surface area contributed by atoms with Crippen molar-refractivity contribution in [3.63, 3.8) is 0 Å². The minimum absolute atomic E-state index is 0.190. The Bertz CT molecular complexity index is 868. The monoisotopic (exact) mass is 270 g/mol. The van der Waals surface area contributed by atoms with Crippen LogP contribution in [0.1, 0.15) is 12.5 Å². The molecule has 5 nitrogen and oxygen atoms in total. The first-order valence-electron chi connectivity index (χ1n) is 6.34. The van der Waals surface area contributed by atoms with E-state index in [1.165, 1.54) is 0 Å². The highest BCUT2D eigenvalue weighted by molar-refractivity contribution is 6.10. The number of benzene rings is 1. The van der Waals surface area contributed by atoms with Gasteiger partial charge in [-0.1, -0.05) is 19.1 Å². The number of nitrogens with zero attached hydrogens (tertiary/aromatic N) is 1. The van der Waals surface area contributed by atoms with Crippen LogP contribution in [-0.2, 0) is 6.42 Å². The van der Waals surface area contributed by atoms with Crippen molar-refractivity contribution in [1.82, 2.24) is 4.98 Å². The molecule has 3 aromatic rings. The predicted octanol–water partition coefficient (Wildman–Crippen LogP) is 2.49. The third-order valence-corrected chi connectivity index (χ3v) is 3.43. The number of pyridine rings is 1. The summed E-state index contributed by atoms with van der Waals surface area (Å²) in [5.41, 5.74) is 6.75. The minimum Gasteiger partial charge on any atom is -0.493 e. The van der Waals surface area contributed by atoms with Crippen LogP contribution in [0.4, 0.5) is 5.82 Å². The number of ether oxygens (including phenoxy) is 1. The van der Waals surface area contributed by atoms with Gasteiger partial charge in [0.15, 0.2) is 11.3 Å². The third-order valence-electron chi connectivity index (χ3n) is 3.43. The van der Waals surface area contributed by atoms with Gasteiger partial charge in [-0.2, -0.15) is 0 Å². The molecule has 0 atom stereocenters. The SMILES string of the molecule is CCc1cnc(N)c2c(=O)oc3c(OC)cccc3c12. The van der Waals surface area contributed by atoms with E-state index in [0.717, 1.165) is 22.8 Å². The lowest BCUT2D eigenvalue weighted by atomic mass is 10.0. The Morgan fingerprint density at radius 2 is 2.15 bits per heavy atom.